The van der Waals surface area contributed by atoms with Crippen molar-refractivity contribution in [1.29, 1.82) is 0 Å². The van der Waals surface area contributed by atoms with Crippen LogP contribution in [0.3, 0.4) is 0 Å². The molecule has 0 amide bonds. The molecule has 0 aliphatic heterocycles. The van der Waals surface area contributed by atoms with Crippen LogP contribution in [0.25, 0.3) is 11.1 Å². The van der Waals surface area contributed by atoms with Gasteiger partial charge in [0.1, 0.15) is 5.75 Å². The Morgan fingerprint density at radius 1 is 0.792 bits per heavy atom. The van der Waals surface area contributed by atoms with Gasteiger partial charge in [0.25, 0.3) is 0 Å². The third-order valence-electron chi connectivity index (χ3n) is 4.03. The van der Waals surface area contributed by atoms with Crippen LogP contribution in [0.15, 0.2) is 72.8 Å². The van der Waals surface area contributed by atoms with Gasteiger partial charge in [-0.05, 0) is 53.4 Å². The van der Waals surface area contributed by atoms with Crippen LogP contribution in [-0.4, -0.2) is 7.11 Å². The SMILES string of the molecule is CCc1ccc(C#Cc2ccccc2-c2ccc(OC)cc2)cc1. The normalized spacial score (nSPS) is 9.92. The van der Waals surface area contributed by atoms with E-state index in [2.05, 4.69) is 67.3 Å². The number of hydrogen-bond acceptors (Lipinski definition) is 1. The molecule has 0 atom stereocenters. The first-order chi connectivity index (χ1) is 11.8. The van der Waals surface area contributed by atoms with Crippen LogP contribution >= 0.6 is 0 Å². The quantitative estimate of drug-likeness (QED) is 0.594. The molecule has 1 heteroatoms. The molecular formula is C23H20O. The Kier molecular flexibility index (Phi) is 4.99. The lowest BCUT2D eigenvalue weighted by Crippen LogP contribution is -1.86. The first-order valence-corrected chi connectivity index (χ1v) is 8.14. The molecule has 0 saturated carbocycles. The molecule has 118 valence electrons. The Balaban J connectivity index is 1.93. The molecule has 3 rings (SSSR count). The number of rotatable bonds is 3. The maximum atomic E-state index is 5.23. The minimum atomic E-state index is 0.860. The van der Waals surface area contributed by atoms with Crippen molar-refractivity contribution in [3.63, 3.8) is 0 Å². The van der Waals surface area contributed by atoms with E-state index in [1.54, 1.807) is 7.11 Å². The summed E-state index contributed by atoms with van der Waals surface area (Å²) in [7, 11) is 1.68. The smallest absolute Gasteiger partial charge is 0.118 e. The van der Waals surface area contributed by atoms with E-state index in [9.17, 15) is 0 Å². The van der Waals surface area contributed by atoms with E-state index in [0.29, 0.717) is 0 Å². The number of benzene rings is 3. The molecule has 0 aromatic heterocycles. The standard InChI is InChI=1S/C23H20O/c1-3-18-8-10-19(11-9-18)12-13-20-6-4-5-7-23(20)21-14-16-22(24-2)17-15-21/h4-11,14-17H,3H2,1-2H3. The molecule has 0 saturated heterocycles. The third kappa shape index (κ3) is 3.67. The van der Waals surface area contributed by atoms with Crippen molar-refractivity contribution < 1.29 is 4.74 Å². The van der Waals surface area contributed by atoms with E-state index in [0.717, 1.165) is 34.4 Å². The van der Waals surface area contributed by atoms with Crippen molar-refractivity contribution in [2.45, 2.75) is 13.3 Å². The Morgan fingerprint density at radius 2 is 1.50 bits per heavy atom. The van der Waals surface area contributed by atoms with Gasteiger partial charge in [-0.25, -0.2) is 0 Å². The van der Waals surface area contributed by atoms with Gasteiger partial charge >= 0.3 is 0 Å². The third-order valence-corrected chi connectivity index (χ3v) is 4.03. The van der Waals surface area contributed by atoms with Crippen LogP contribution in [0, 0.1) is 11.8 Å². The molecular weight excluding hydrogens is 292 g/mol. The fourth-order valence-corrected chi connectivity index (χ4v) is 2.58. The van der Waals surface area contributed by atoms with E-state index in [1.807, 2.05) is 24.3 Å². The summed E-state index contributed by atoms with van der Waals surface area (Å²) in [5, 5.41) is 0. The lowest BCUT2D eigenvalue weighted by Gasteiger charge is -2.06. The van der Waals surface area contributed by atoms with Gasteiger partial charge in [0, 0.05) is 11.1 Å². The zero-order valence-electron chi connectivity index (χ0n) is 14.0. The fourth-order valence-electron chi connectivity index (χ4n) is 2.58. The lowest BCUT2D eigenvalue weighted by molar-refractivity contribution is 0.415. The highest BCUT2D eigenvalue weighted by Gasteiger charge is 2.03. The minimum absolute atomic E-state index is 0.860. The molecule has 0 fully saturated rings. The highest BCUT2D eigenvalue weighted by Crippen LogP contribution is 2.25. The molecule has 24 heavy (non-hydrogen) atoms. The first kappa shape index (κ1) is 15.9. The zero-order valence-corrected chi connectivity index (χ0v) is 14.0. The largest absolute Gasteiger partial charge is 0.497 e. The molecule has 0 spiro atoms. The number of ether oxygens (including phenoxy) is 1. The molecule has 3 aromatic carbocycles. The van der Waals surface area contributed by atoms with Crippen molar-refractivity contribution in [2.75, 3.05) is 7.11 Å². The van der Waals surface area contributed by atoms with Crippen molar-refractivity contribution in [3.8, 4) is 28.7 Å². The van der Waals surface area contributed by atoms with Crippen molar-refractivity contribution >= 4 is 0 Å². The molecule has 0 N–H and O–H groups in total. The Labute approximate surface area is 143 Å². The predicted octanol–water partition coefficient (Wildman–Crippen LogP) is 5.32. The van der Waals surface area contributed by atoms with E-state index < -0.39 is 0 Å². The van der Waals surface area contributed by atoms with Gasteiger partial charge in [0.15, 0.2) is 0 Å². The molecule has 0 bridgehead atoms. The van der Waals surface area contributed by atoms with E-state index >= 15 is 0 Å². The summed E-state index contributed by atoms with van der Waals surface area (Å²) in [6, 6.07) is 24.8. The predicted molar refractivity (Wildman–Crippen MR) is 100 cm³/mol. The monoisotopic (exact) mass is 312 g/mol. The Morgan fingerprint density at radius 3 is 2.17 bits per heavy atom. The van der Waals surface area contributed by atoms with Crippen LogP contribution in [-0.2, 0) is 6.42 Å². The summed E-state index contributed by atoms with van der Waals surface area (Å²) >= 11 is 0. The highest BCUT2D eigenvalue weighted by molar-refractivity contribution is 5.72. The fraction of sp³-hybridized carbons (Fsp3) is 0.130. The van der Waals surface area contributed by atoms with Gasteiger partial charge in [-0.3, -0.25) is 0 Å². The maximum absolute atomic E-state index is 5.23. The number of hydrogen-bond donors (Lipinski definition) is 0. The minimum Gasteiger partial charge on any atom is -0.497 e. The summed E-state index contributed by atoms with van der Waals surface area (Å²) in [6.07, 6.45) is 1.05. The maximum Gasteiger partial charge on any atom is 0.118 e. The van der Waals surface area contributed by atoms with Gasteiger partial charge in [0.2, 0.25) is 0 Å². The van der Waals surface area contributed by atoms with Crippen LogP contribution in [0.4, 0.5) is 0 Å². The Bertz CT molecular complexity index is 862. The molecule has 0 heterocycles. The van der Waals surface area contributed by atoms with Gasteiger partial charge in [0.05, 0.1) is 7.11 Å². The average molecular weight is 312 g/mol. The van der Waals surface area contributed by atoms with Gasteiger partial charge in [-0.1, -0.05) is 61.2 Å². The second-order valence-electron chi connectivity index (χ2n) is 5.57. The van der Waals surface area contributed by atoms with Crippen molar-refractivity contribution in [1.82, 2.24) is 0 Å². The van der Waals surface area contributed by atoms with E-state index in [1.165, 1.54) is 5.56 Å². The molecule has 0 unspecified atom stereocenters. The lowest BCUT2D eigenvalue weighted by atomic mass is 9.99. The molecule has 1 nitrogen and oxygen atoms in total. The molecule has 0 radical (unpaired) electrons. The highest BCUT2D eigenvalue weighted by atomic mass is 16.5. The van der Waals surface area contributed by atoms with Crippen LogP contribution in [0.1, 0.15) is 23.6 Å². The van der Waals surface area contributed by atoms with Crippen molar-refractivity contribution in [3.05, 3.63) is 89.5 Å². The average Bonchev–Trinajstić information content (AvgIpc) is 2.67. The first-order valence-electron chi connectivity index (χ1n) is 8.14. The second-order valence-corrected chi connectivity index (χ2v) is 5.57. The van der Waals surface area contributed by atoms with Crippen molar-refractivity contribution in [2.24, 2.45) is 0 Å². The summed E-state index contributed by atoms with van der Waals surface area (Å²) in [4.78, 5) is 0. The second kappa shape index (κ2) is 7.53. The summed E-state index contributed by atoms with van der Waals surface area (Å²) in [5.41, 5.74) is 5.68. The molecule has 0 aliphatic rings. The zero-order chi connectivity index (χ0) is 16.8. The van der Waals surface area contributed by atoms with Gasteiger partial charge in [-0.2, -0.15) is 0 Å². The number of aryl methyl sites for hydroxylation is 1. The van der Waals surface area contributed by atoms with Gasteiger partial charge in [-0.15, -0.1) is 0 Å². The van der Waals surface area contributed by atoms with Crippen LogP contribution < -0.4 is 4.74 Å². The van der Waals surface area contributed by atoms with Crippen LogP contribution in [0.2, 0.25) is 0 Å². The molecule has 3 aromatic rings. The summed E-state index contributed by atoms with van der Waals surface area (Å²) in [6.45, 7) is 2.16. The summed E-state index contributed by atoms with van der Waals surface area (Å²) in [5.74, 6) is 7.44. The number of methoxy groups -OCH3 is 1. The molecule has 0 aliphatic carbocycles. The summed E-state index contributed by atoms with van der Waals surface area (Å²) < 4.78 is 5.23. The van der Waals surface area contributed by atoms with Gasteiger partial charge < -0.3 is 4.74 Å². The topological polar surface area (TPSA) is 9.23 Å². The van der Waals surface area contributed by atoms with Crippen LogP contribution in [0.5, 0.6) is 5.75 Å². The Hall–Kier alpha value is -2.98. The van der Waals surface area contributed by atoms with E-state index in [-0.39, 0.29) is 0 Å². The van der Waals surface area contributed by atoms with E-state index in [4.69, 9.17) is 4.74 Å².